The Bertz CT molecular complexity index is 691. The molecule has 0 radical (unpaired) electrons. The number of primary sulfonamides is 1. The van der Waals surface area contributed by atoms with E-state index in [1.54, 1.807) is 6.92 Å². The largest absolute Gasteiger partial charge is 0.284 e. The summed E-state index contributed by atoms with van der Waals surface area (Å²) in [6.45, 7) is 1.60. The minimum atomic E-state index is -3.86. The van der Waals surface area contributed by atoms with Gasteiger partial charge < -0.3 is 0 Å². The number of rotatable bonds is 5. The van der Waals surface area contributed by atoms with Gasteiger partial charge in [-0.3, -0.25) is 4.72 Å². The summed E-state index contributed by atoms with van der Waals surface area (Å²) in [5, 5.41) is 5.08. The van der Waals surface area contributed by atoms with Crippen LogP contribution in [0.2, 0.25) is 0 Å². The molecule has 0 amide bonds. The van der Waals surface area contributed by atoms with Crippen molar-refractivity contribution in [1.82, 2.24) is 0 Å². The van der Waals surface area contributed by atoms with E-state index >= 15 is 0 Å². The fourth-order valence-electron chi connectivity index (χ4n) is 1.79. The van der Waals surface area contributed by atoms with Gasteiger partial charge in [-0.15, -0.1) is 0 Å². The molecule has 8 heteroatoms. The molecule has 1 fully saturated rings. The summed E-state index contributed by atoms with van der Waals surface area (Å²) in [4.78, 5) is -0.0703. The second kappa shape index (κ2) is 4.77. The molecular weight excluding hydrogens is 288 g/mol. The molecule has 0 spiro atoms. The number of aryl methyl sites for hydroxylation is 1. The van der Waals surface area contributed by atoms with Crippen molar-refractivity contribution in [3.05, 3.63) is 23.8 Å². The van der Waals surface area contributed by atoms with Gasteiger partial charge >= 0.3 is 0 Å². The Morgan fingerprint density at radius 3 is 2.42 bits per heavy atom. The third-order valence-corrected chi connectivity index (χ3v) is 5.43. The second-order valence-electron chi connectivity index (χ2n) is 4.85. The van der Waals surface area contributed by atoms with Crippen LogP contribution in [0.3, 0.4) is 0 Å². The summed E-state index contributed by atoms with van der Waals surface area (Å²) in [5.41, 5.74) is 0.697. The van der Waals surface area contributed by atoms with E-state index in [1.165, 1.54) is 18.2 Å². The molecule has 0 aromatic heterocycles. The number of anilines is 1. The lowest BCUT2D eigenvalue weighted by Gasteiger charge is -2.10. The van der Waals surface area contributed by atoms with Crippen LogP contribution in [0.25, 0.3) is 0 Å². The van der Waals surface area contributed by atoms with Crippen molar-refractivity contribution in [2.45, 2.75) is 24.7 Å². The molecule has 1 aromatic carbocycles. The van der Waals surface area contributed by atoms with Gasteiger partial charge in [-0.2, -0.15) is 0 Å². The molecule has 3 N–H and O–H groups in total. The number of sulfonamides is 2. The van der Waals surface area contributed by atoms with Gasteiger partial charge in [0.15, 0.2) is 0 Å². The SMILES string of the molecule is Cc1ccc(NS(=O)(=O)CC2CC2)cc1S(N)(=O)=O. The van der Waals surface area contributed by atoms with Crippen molar-refractivity contribution in [3.8, 4) is 0 Å². The van der Waals surface area contributed by atoms with E-state index in [2.05, 4.69) is 4.72 Å². The van der Waals surface area contributed by atoms with Crippen molar-refractivity contribution in [2.24, 2.45) is 11.1 Å². The third-order valence-electron chi connectivity index (χ3n) is 2.92. The lowest BCUT2D eigenvalue weighted by molar-refractivity contribution is 0.594. The molecule has 106 valence electrons. The lowest BCUT2D eigenvalue weighted by atomic mass is 10.2. The number of benzene rings is 1. The monoisotopic (exact) mass is 304 g/mol. The molecule has 1 aromatic rings. The van der Waals surface area contributed by atoms with Crippen LogP contribution in [0.1, 0.15) is 18.4 Å². The van der Waals surface area contributed by atoms with E-state index in [0.717, 1.165) is 12.8 Å². The third kappa shape index (κ3) is 3.92. The van der Waals surface area contributed by atoms with E-state index in [4.69, 9.17) is 5.14 Å². The predicted octanol–water partition coefficient (Wildman–Crippen LogP) is 0.794. The summed E-state index contributed by atoms with van der Waals surface area (Å²) < 4.78 is 48.7. The number of nitrogens with two attached hydrogens (primary N) is 1. The smallest absolute Gasteiger partial charge is 0.238 e. The first-order valence-corrected chi connectivity index (χ1v) is 9.01. The Balaban J connectivity index is 2.26. The topological polar surface area (TPSA) is 106 Å². The molecule has 1 aliphatic rings. The summed E-state index contributed by atoms with van der Waals surface area (Å²) in [5.74, 6) is 0.298. The maximum atomic E-state index is 11.8. The first kappa shape index (κ1) is 14.3. The standard InChI is InChI=1S/C11H16N2O4S2/c1-8-2-5-10(6-11(8)19(12,16)17)13-18(14,15)7-9-3-4-9/h2,5-6,9,13H,3-4,7H2,1H3,(H2,12,16,17). The Labute approximate surface area is 113 Å². The summed E-state index contributed by atoms with van der Waals surface area (Å²) in [6, 6.07) is 4.29. The van der Waals surface area contributed by atoms with Gasteiger partial charge in [0, 0.05) is 5.69 Å². The van der Waals surface area contributed by atoms with Crippen LogP contribution in [0.15, 0.2) is 23.1 Å². The van der Waals surface area contributed by atoms with E-state index in [9.17, 15) is 16.8 Å². The van der Waals surface area contributed by atoms with Crippen molar-refractivity contribution in [2.75, 3.05) is 10.5 Å². The van der Waals surface area contributed by atoms with Crippen molar-refractivity contribution < 1.29 is 16.8 Å². The highest BCUT2D eigenvalue weighted by atomic mass is 32.2. The van der Waals surface area contributed by atoms with Crippen LogP contribution in [-0.2, 0) is 20.0 Å². The van der Waals surface area contributed by atoms with Crippen molar-refractivity contribution in [3.63, 3.8) is 0 Å². The Morgan fingerprint density at radius 2 is 1.89 bits per heavy atom. The zero-order valence-electron chi connectivity index (χ0n) is 10.5. The Kier molecular flexibility index (Phi) is 3.59. The lowest BCUT2D eigenvalue weighted by Crippen LogP contribution is -2.19. The van der Waals surface area contributed by atoms with E-state index in [-0.39, 0.29) is 22.3 Å². The van der Waals surface area contributed by atoms with Crippen LogP contribution in [0, 0.1) is 12.8 Å². The molecule has 0 heterocycles. The minimum absolute atomic E-state index is 0.0703. The van der Waals surface area contributed by atoms with Crippen LogP contribution < -0.4 is 9.86 Å². The molecule has 0 unspecified atom stereocenters. The Hall–Kier alpha value is -1.12. The number of hydrogen-bond acceptors (Lipinski definition) is 4. The molecule has 0 aliphatic heterocycles. The predicted molar refractivity (Wildman–Crippen MR) is 72.7 cm³/mol. The van der Waals surface area contributed by atoms with Gasteiger partial charge in [0.25, 0.3) is 0 Å². The summed E-state index contributed by atoms with van der Waals surface area (Å²) >= 11 is 0. The van der Waals surface area contributed by atoms with Crippen LogP contribution in [0.5, 0.6) is 0 Å². The highest BCUT2D eigenvalue weighted by molar-refractivity contribution is 7.92. The first-order valence-electron chi connectivity index (χ1n) is 5.81. The fourth-order valence-corrected chi connectivity index (χ4v) is 4.12. The summed E-state index contributed by atoms with van der Waals surface area (Å²) in [7, 11) is -7.29. The molecule has 6 nitrogen and oxygen atoms in total. The Morgan fingerprint density at radius 1 is 1.26 bits per heavy atom. The normalized spacial score (nSPS) is 16.3. The van der Waals surface area contributed by atoms with Gasteiger partial charge in [0.1, 0.15) is 0 Å². The van der Waals surface area contributed by atoms with E-state index < -0.39 is 20.0 Å². The quantitative estimate of drug-likeness (QED) is 0.838. The van der Waals surface area contributed by atoms with Crippen molar-refractivity contribution in [1.29, 1.82) is 0 Å². The fraction of sp³-hybridized carbons (Fsp3) is 0.455. The van der Waals surface area contributed by atoms with E-state index in [1.807, 2.05) is 0 Å². The molecule has 0 atom stereocenters. The summed E-state index contributed by atoms with van der Waals surface area (Å²) in [6.07, 6.45) is 1.86. The molecule has 1 aliphatic carbocycles. The zero-order chi connectivity index (χ0) is 14.3. The maximum Gasteiger partial charge on any atom is 0.238 e. The van der Waals surface area contributed by atoms with Crippen LogP contribution >= 0.6 is 0 Å². The second-order valence-corrected chi connectivity index (χ2v) is 8.15. The molecular formula is C11H16N2O4S2. The zero-order valence-corrected chi connectivity index (χ0v) is 12.1. The van der Waals surface area contributed by atoms with Crippen molar-refractivity contribution >= 4 is 25.7 Å². The highest BCUT2D eigenvalue weighted by Gasteiger charge is 2.28. The molecule has 2 rings (SSSR count). The first-order chi connectivity index (χ1) is 8.67. The average Bonchev–Trinajstić information content (AvgIpc) is 3.02. The van der Waals surface area contributed by atoms with Crippen LogP contribution in [-0.4, -0.2) is 22.6 Å². The molecule has 1 saturated carbocycles. The highest BCUT2D eigenvalue weighted by Crippen LogP contribution is 2.31. The maximum absolute atomic E-state index is 11.8. The molecule has 0 bridgehead atoms. The van der Waals surface area contributed by atoms with Crippen LogP contribution in [0.4, 0.5) is 5.69 Å². The molecule has 19 heavy (non-hydrogen) atoms. The van der Waals surface area contributed by atoms with Gasteiger partial charge in [-0.1, -0.05) is 6.07 Å². The van der Waals surface area contributed by atoms with Gasteiger partial charge in [-0.25, -0.2) is 22.0 Å². The average molecular weight is 304 g/mol. The van der Waals surface area contributed by atoms with Gasteiger partial charge in [-0.05, 0) is 43.4 Å². The molecule has 0 saturated heterocycles. The van der Waals surface area contributed by atoms with Gasteiger partial charge in [0.2, 0.25) is 20.0 Å². The number of hydrogen-bond donors (Lipinski definition) is 2. The minimum Gasteiger partial charge on any atom is -0.284 e. The number of nitrogens with one attached hydrogen (secondary N) is 1. The van der Waals surface area contributed by atoms with E-state index in [0.29, 0.717) is 5.56 Å². The van der Waals surface area contributed by atoms with Gasteiger partial charge in [0.05, 0.1) is 10.6 Å².